The van der Waals surface area contributed by atoms with E-state index in [0.717, 1.165) is 48.9 Å². The largest absolute Gasteiger partial charge is 0.495 e. The first-order chi connectivity index (χ1) is 16.1. The number of anilines is 1. The van der Waals surface area contributed by atoms with E-state index in [2.05, 4.69) is 39.5 Å². The number of thioether (sulfide) groups is 1. The monoisotopic (exact) mass is 465 g/mol. The van der Waals surface area contributed by atoms with Gasteiger partial charge in [-0.1, -0.05) is 53.7 Å². The van der Waals surface area contributed by atoms with Crippen molar-refractivity contribution < 1.29 is 9.53 Å². The minimum Gasteiger partial charge on any atom is -0.495 e. The summed E-state index contributed by atoms with van der Waals surface area (Å²) < 4.78 is 7.66. The quantitative estimate of drug-likeness (QED) is 0.498. The molecule has 1 unspecified atom stereocenters. The molecule has 1 aliphatic heterocycles. The topological polar surface area (TPSA) is 72.3 Å². The summed E-state index contributed by atoms with van der Waals surface area (Å²) in [6, 6.07) is 16.0. The molecule has 8 heteroatoms. The zero-order valence-electron chi connectivity index (χ0n) is 19.5. The lowest BCUT2D eigenvalue weighted by Crippen LogP contribution is -2.32. The molecule has 1 aliphatic rings. The van der Waals surface area contributed by atoms with Crippen molar-refractivity contribution in [1.29, 1.82) is 0 Å². The molecule has 0 aliphatic carbocycles. The number of carbonyl (C=O) groups excluding carboxylic acids is 1. The van der Waals surface area contributed by atoms with Crippen LogP contribution in [-0.4, -0.2) is 46.1 Å². The molecule has 174 valence electrons. The molecule has 1 amide bonds. The molecule has 0 saturated carbocycles. The summed E-state index contributed by atoms with van der Waals surface area (Å²) in [7, 11) is 1.66. The van der Waals surface area contributed by atoms with E-state index in [0.29, 0.717) is 11.7 Å². The summed E-state index contributed by atoms with van der Waals surface area (Å²) in [6.45, 7) is 6.35. The first-order valence-corrected chi connectivity index (χ1v) is 12.3. The second-order valence-electron chi connectivity index (χ2n) is 8.30. The molecule has 0 bridgehead atoms. The van der Waals surface area contributed by atoms with Crippen molar-refractivity contribution in [2.75, 3.05) is 25.1 Å². The van der Waals surface area contributed by atoms with E-state index >= 15 is 0 Å². The van der Waals surface area contributed by atoms with Gasteiger partial charge in [-0.05, 0) is 50.8 Å². The van der Waals surface area contributed by atoms with Gasteiger partial charge in [0.2, 0.25) is 11.9 Å². The van der Waals surface area contributed by atoms with Crippen molar-refractivity contribution in [3.05, 3.63) is 59.7 Å². The molecule has 3 aromatic rings. The summed E-state index contributed by atoms with van der Waals surface area (Å²) in [5, 5.41) is 12.4. The Hall–Kier alpha value is -3.00. The van der Waals surface area contributed by atoms with E-state index in [4.69, 9.17) is 4.74 Å². The molecule has 1 saturated heterocycles. The number of hydrogen-bond donors (Lipinski definition) is 1. The van der Waals surface area contributed by atoms with Crippen molar-refractivity contribution in [1.82, 2.24) is 20.1 Å². The SMILES string of the molecule is COc1ccccc1-n1c(SC(C)C(=O)NCc2ccc(C)cc2)nnc1N1CCCCC1. The Kier molecular flexibility index (Phi) is 7.54. The molecule has 7 nitrogen and oxygen atoms in total. The minimum absolute atomic E-state index is 0.0327. The van der Waals surface area contributed by atoms with Gasteiger partial charge in [0.25, 0.3) is 0 Å². The Balaban J connectivity index is 1.55. The number of piperidine rings is 1. The zero-order valence-corrected chi connectivity index (χ0v) is 20.3. The molecular weight excluding hydrogens is 434 g/mol. The minimum atomic E-state index is -0.331. The number of aryl methyl sites for hydroxylation is 1. The summed E-state index contributed by atoms with van der Waals surface area (Å²) >= 11 is 1.41. The Morgan fingerprint density at radius 2 is 1.82 bits per heavy atom. The van der Waals surface area contributed by atoms with Crippen molar-refractivity contribution in [2.24, 2.45) is 0 Å². The number of carbonyl (C=O) groups is 1. The molecule has 0 radical (unpaired) electrons. The summed E-state index contributed by atoms with van der Waals surface area (Å²) in [5.74, 6) is 1.51. The van der Waals surface area contributed by atoms with Crippen molar-refractivity contribution in [3.63, 3.8) is 0 Å². The number of nitrogens with one attached hydrogen (secondary N) is 1. The number of ether oxygens (including phenoxy) is 1. The molecule has 2 heterocycles. The Labute approximate surface area is 199 Å². The highest BCUT2D eigenvalue weighted by Crippen LogP contribution is 2.34. The number of aromatic nitrogens is 3. The third kappa shape index (κ3) is 5.50. The lowest BCUT2D eigenvalue weighted by molar-refractivity contribution is -0.120. The molecular formula is C25H31N5O2S. The van der Waals surface area contributed by atoms with Gasteiger partial charge in [-0.2, -0.15) is 0 Å². The number of hydrogen-bond acceptors (Lipinski definition) is 6. The van der Waals surface area contributed by atoms with E-state index in [9.17, 15) is 4.79 Å². The van der Waals surface area contributed by atoms with Crippen molar-refractivity contribution >= 4 is 23.6 Å². The van der Waals surface area contributed by atoms with Gasteiger partial charge >= 0.3 is 0 Å². The number of para-hydroxylation sites is 2. The van der Waals surface area contributed by atoms with E-state index in [-0.39, 0.29) is 11.2 Å². The summed E-state index contributed by atoms with van der Waals surface area (Å²) in [5.41, 5.74) is 3.16. The number of methoxy groups -OCH3 is 1. The van der Waals surface area contributed by atoms with Crippen molar-refractivity contribution in [3.8, 4) is 11.4 Å². The predicted molar refractivity (Wildman–Crippen MR) is 132 cm³/mol. The Morgan fingerprint density at radius 1 is 1.09 bits per heavy atom. The second kappa shape index (κ2) is 10.7. The van der Waals surface area contributed by atoms with E-state index in [1.807, 2.05) is 47.9 Å². The number of nitrogens with zero attached hydrogens (tertiary/aromatic N) is 4. The number of rotatable bonds is 8. The van der Waals surface area contributed by atoms with Crippen LogP contribution in [-0.2, 0) is 11.3 Å². The lowest BCUT2D eigenvalue weighted by atomic mass is 10.1. The van der Waals surface area contributed by atoms with Crippen LogP contribution in [0.5, 0.6) is 5.75 Å². The van der Waals surface area contributed by atoms with Crippen LogP contribution in [0, 0.1) is 6.92 Å². The van der Waals surface area contributed by atoms with Crippen LogP contribution in [0.2, 0.25) is 0 Å². The standard InChI is InChI=1S/C25H31N5O2S/c1-18-11-13-20(14-12-18)17-26-23(31)19(2)33-25-28-27-24(29-15-7-4-8-16-29)30(25)21-9-5-6-10-22(21)32-3/h5-6,9-14,19H,4,7-8,15-17H2,1-3H3,(H,26,31). The van der Waals surface area contributed by atoms with Crippen LogP contribution < -0.4 is 15.0 Å². The third-order valence-corrected chi connectivity index (χ3v) is 6.86. The van der Waals surface area contributed by atoms with Crippen LogP contribution in [0.25, 0.3) is 5.69 Å². The lowest BCUT2D eigenvalue weighted by Gasteiger charge is -2.28. The zero-order chi connectivity index (χ0) is 23.2. The maximum Gasteiger partial charge on any atom is 0.233 e. The maximum atomic E-state index is 12.8. The van der Waals surface area contributed by atoms with Gasteiger partial charge in [-0.25, -0.2) is 0 Å². The average molecular weight is 466 g/mol. The van der Waals surface area contributed by atoms with Crippen LogP contribution >= 0.6 is 11.8 Å². The highest BCUT2D eigenvalue weighted by Gasteiger charge is 2.26. The van der Waals surface area contributed by atoms with Crippen LogP contribution in [0.1, 0.15) is 37.3 Å². The molecule has 1 atom stereocenters. The van der Waals surface area contributed by atoms with E-state index in [1.165, 1.54) is 23.7 Å². The first kappa shape index (κ1) is 23.2. The smallest absolute Gasteiger partial charge is 0.233 e. The van der Waals surface area contributed by atoms with Gasteiger partial charge in [0.15, 0.2) is 5.16 Å². The first-order valence-electron chi connectivity index (χ1n) is 11.4. The molecule has 1 aromatic heterocycles. The maximum absolute atomic E-state index is 12.8. The van der Waals surface area contributed by atoms with E-state index in [1.54, 1.807) is 7.11 Å². The predicted octanol–water partition coefficient (Wildman–Crippen LogP) is 4.37. The Morgan fingerprint density at radius 3 is 2.55 bits per heavy atom. The van der Waals surface area contributed by atoms with Crippen LogP contribution in [0.4, 0.5) is 5.95 Å². The van der Waals surface area contributed by atoms with Gasteiger partial charge in [-0.3, -0.25) is 9.36 Å². The molecule has 33 heavy (non-hydrogen) atoms. The van der Waals surface area contributed by atoms with Gasteiger partial charge < -0.3 is 15.0 Å². The fourth-order valence-corrected chi connectivity index (χ4v) is 4.79. The van der Waals surface area contributed by atoms with Crippen LogP contribution in [0.15, 0.2) is 53.7 Å². The highest BCUT2D eigenvalue weighted by atomic mass is 32.2. The molecule has 2 aromatic carbocycles. The van der Waals surface area contributed by atoms with Gasteiger partial charge in [0.1, 0.15) is 5.75 Å². The van der Waals surface area contributed by atoms with E-state index < -0.39 is 0 Å². The van der Waals surface area contributed by atoms with Crippen LogP contribution in [0.3, 0.4) is 0 Å². The molecule has 1 N–H and O–H groups in total. The second-order valence-corrected chi connectivity index (χ2v) is 9.61. The summed E-state index contributed by atoms with van der Waals surface area (Å²) in [4.78, 5) is 15.1. The molecule has 0 spiro atoms. The van der Waals surface area contributed by atoms with Gasteiger partial charge in [-0.15, -0.1) is 10.2 Å². The fraction of sp³-hybridized carbons (Fsp3) is 0.400. The fourth-order valence-electron chi connectivity index (χ4n) is 3.91. The normalized spacial score (nSPS) is 14.7. The van der Waals surface area contributed by atoms with Crippen molar-refractivity contribution in [2.45, 2.75) is 50.1 Å². The molecule has 4 rings (SSSR count). The number of amides is 1. The van der Waals surface area contributed by atoms with Gasteiger partial charge in [0.05, 0.1) is 18.0 Å². The summed E-state index contributed by atoms with van der Waals surface area (Å²) in [6.07, 6.45) is 3.51. The van der Waals surface area contributed by atoms with Gasteiger partial charge in [0, 0.05) is 19.6 Å². The third-order valence-electron chi connectivity index (χ3n) is 5.82. The Bertz CT molecular complexity index is 1080. The highest BCUT2D eigenvalue weighted by molar-refractivity contribution is 8.00. The molecule has 1 fully saturated rings. The average Bonchev–Trinajstić information content (AvgIpc) is 3.27. The number of benzene rings is 2.